The number of aromatic nitrogens is 4. The van der Waals surface area contributed by atoms with Crippen LogP contribution in [0.15, 0.2) is 36.5 Å². The van der Waals surface area contributed by atoms with Gasteiger partial charge in [0.15, 0.2) is 10.6 Å². The van der Waals surface area contributed by atoms with Gasteiger partial charge < -0.3 is 0 Å². The minimum absolute atomic E-state index is 0.250. The first-order chi connectivity index (χ1) is 9.18. The van der Waals surface area contributed by atoms with Gasteiger partial charge in [-0.1, -0.05) is 18.2 Å². The Labute approximate surface area is 116 Å². The number of fused-ring (bicyclic) bond motifs is 1. The summed E-state index contributed by atoms with van der Waals surface area (Å²) in [4.78, 5) is 4.47. The van der Waals surface area contributed by atoms with Gasteiger partial charge in [-0.25, -0.2) is 0 Å². The molecule has 2 aromatic heterocycles. The molecule has 0 bridgehead atoms. The predicted molar refractivity (Wildman–Crippen MR) is 78.5 cm³/mol. The highest BCUT2D eigenvalue weighted by Crippen LogP contribution is 2.27. The van der Waals surface area contributed by atoms with E-state index in [1.54, 1.807) is 6.20 Å². The van der Waals surface area contributed by atoms with Crippen molar-refractivity contribution in [3.05, 3.63) is 41.3 Å². The third-order valence-corrected chi connectivity index (χ3v) is 3.38. The maximum Gasteiger partial charge on any atom is 0.195 e. The molecule has 0 amide bonds. The third-order valence-electron chi connectivity index (χ3n) is 3.09. The third kappa shape index (κ3) is 1.96. The van der Waals surface area contributed by atoms with Crippen LogP contribution in [0, 0.1) is 4.77 Å². The summed E-state index contributed by atoms with van der Waals surface area (Å²) in [6, 6.07) is 10.3. The van der Waals surface area contributed by atoms with Gasteiger partial charge in [-0.2, -0.15) is 5.10 Å². The Morgan fingerprint density at radius 3 is 2.79 bits per heavy atom. The average Bonchev–Trinajstić information content (AvgIpc) is 2.80. The number of pyridine rings is 1. The second kappa shape index (κ2) is 4.59. The number of para-hydroxylation sites is 1. The number of nitrogens with zero attached hydrogens (tertiary/aromatic N) is 3. The van der Waals surface area contributed by atoms with E-state index in [0.717, 1.165) is 22.3 Å². The highest BCUT2D eigenvalue weighted by atomic mass is 32.1. The quantitative estimate of drug-likeness (QED) is 0.722. The van der Waals surface area contributed by atoms with E-state index in [-0.39, 0.29) is 6.04 Å². The fraction of sp³-hybridized carbons (Fsp3) is 0.214. The van der Waals surface area contributed by atoms with Crippen molar-refractivity contribution >= 4 is 23.1 Å². The summed E-state index contributed by atoms with van der Waals surface area (Å²) in [6.45, 7) is 4.18. The van der Waals surface area contributed by atoms with Gasteiger partial charge in [-0.3, -0.25) is 14.6 Å². The summed E-state index contributed by atoms with van der Waals surface area (Å²) < 4.78 is 2.65. The Morgan fingerprint density at radius 2 is 2.00 bits per heavy atom. The second-order valence-corrected chi connectivity index (χ2v) is 5.08. The van der Waals surface area contributed by atoms with Gasteiger partial charge in [0.25, 0.3) is 0 Å². The average molecular weight is 270 g/mol. The number of rotatable bonds is 2. The summed E-state index contributed by atoms with van der Waals surface area (Å²) >= 11 is 5.30. The highest BCUT2D eigenvalue weighted by molar-refractivity contribution is 7.71. The van der Waals surface area contributed by atoms with Crippen LogP contribution < -0.4 is 0 Å². The number of H-pyrrole nitrogens is 1. The van der Waals surface area contributed by atoms with Crippen LogP contribution in [-0.2, 0) is 0 Å². The summed E-state index contributed by atoms with van der Waals surface area (Å²) in [5, 5.41) is 8.33. The van der Waals surface area contributed by atoms with Crippen LogP contribution in [-0.4, -0.2) is 19.7 Å². The standard InChI is InChI=1S/C14H14N4S/c1-9(2)18-13(16-17-14(18)19)11-7-3-5-10-6-4-8-15-12(10)11/h3-9H,1-2H3,(H,17,19). The molecule has 0 aliphatic rings. The summed E-state index contributed by atoms with van der Waals surface area (Å²) in [5.74, 6) is 0.837. The molecule has 0 unspecified atom stereocenters. The molecule has 2 heterocycles. The molecule has 0 atom stereocenters. The van der Waals surface area contributed by atoms with Gasteiger partial charge in [-0.15, -0.1) is 0 Å². The Hall–Kier alpha value is -2.01. The highest BCUT2D eigenvalue weighted by Gasteiger charge is 2.14. The number of benzene rings is 1. The van der Waals surface area contributed by atoms with Crippen LogP contribution in [0.25, 0.3) is 22.3 Å². The van der Waals surface area contributed by atoms with E-state index in [1.165, 1.54) is 0 Å². The summed E-state index contributed by atoms with van der Waals surface area (Å²) in [6.07, 6.45) is 1.80. The lowest BCUT2D eigenvalue weighted by atomic mass is 10.1. The normalized spacial score (nSPS) is 11.3. The molecular weight excluding hydrogens is 256 g/mol. The number of aromatic amines is 1. The number of nitrogens with one attached hydrogen (secondary N) is 1. The van der Waals surface area contributed by atoms with Gasteiger partial charge in [0.1, 0.15) is 0 Å². The zero-order valence-electron chi connectivity index (χ0n) is 10.8. The van der Waals surface area contributed by atoms with E-state index in [0.29, 0.717) is 4.77 Å². The number of hydrogen-bond acceptors (Lipinski definition) is 3. The first-order valence-corrected chi connectivity index (χ1v) is 6.60. The number of hydrogen-bond donors (Lipinski definition) is 1. The molecule has 4 nitrogen and oxygen atoms in total. The Kier molecular flexibility index (Phi) is 2.91. The molecule has 0 radical (unpaired) electrons. The van der Waals surface area contributed by atoms with Gasteiger partial charge in [0.05, 0.1) is 5.52 Å². The minimum atomic E-state index is 0.250. The summed E-state index contributed by atoms with van der Waals surface area (Å²) in [7, 11) is 0. The molecule has 0 aliphatic carbocycles. The molecule has 0 saturated carbocycles. The van der Waals surface area contributed by atoms with Crippen molar-refractivity contribution in [1.29, 1.82) is 0 Å². The molecular formula is C14H14N4S. The van der Waals surface area contributed by atoms with E-state index in [1.807, 2.05) is 34.9 Å². The van der Waals surface area contributed by atoms with Crippen molar-refractivity contribution < 1.29 is 0 Å². The van der Waals surface area contributed by atoms with E-state index < -0.39 is 0 Å². The van der Waals surface area contributed by atoms with Crippen LogP contribution >= 0.6 is 12.2 Å². The van der Waals surface area contributed by atoms with Gasteiger partial charge in [-0.05, 0) is 38.2 Å². The van der Waals surface area contributed by atoms with E-state index in [9.17, 15) is 0 Å². The monoisotopic (exact) mass is 270 g/mol. The molecule has 19 heavy (non-hydrogen) atoms. The maximum absolute atomic E-state index is 5.30. The molecule has 0 aliphatic heterocycles. The Morgan fingerprint density at radius 1 is 1.21 bits per heavy atom. The van der Waals surface area contributed by atoms with Gasteiger partial charge in [0.2, 0.25) is 0 Å². The first kappa shape index (κ1) is 12.0. The maximum atomic E-state index is 5.30. The fourth-order valence-corrected chi connectivity index (χ4v) is 2.60. The zero-order valence-corrected chi connectivity index (χ0v) is 11.6. The fourth-order valence-electron chi connectivity index (χ4n) is 2.26. The van der Waals surface area contributed by atoms with Crippen LogP contribution in [0.4, 0.5) is 0 Å². The second-order valence-electron chi connectivity index (χ2n) is 4.70. The lowest BCUT2D eigenvalue weighted by Crippen LogP contribution is -2.03. The Balaban J connectivity index is 2.34. The van der Waals surface area contributed by atoms with Crippen LogP contribution in [0.1, 0.15) is 19.9 Å². The van der Waals surface area contributed by atoms with Crippen LogP contribution in [0.5, 0.6) is 0 Å². The summed E-state index contributed by atoms with van der Waals surface area (Å²) in [5.41, 5.74) is 1.94. The van der Waals surface area contributed by atoms with Crippen molar-refractivity contribution in [1.82, 2.24) is 19.7 Å². The molecule has 1 aromatic carbocycles. The molecule has 0 spiro atoms. The first-order valence-electron chi connectivity index (χ1n) is 6.19. The minimum Gasteiger partial charge on any atom is -0.298 e. The van der Waals surface area contributed by atoms with Gasteiger partial charge in [0, 0.05) is 23.2 Å². The lowest BCUT2D eigenvalue weighted by Gasteiger charge is -2.11. The predicted octanol–water partition coefficient (Wildman–Crippen LogP) is 3.74. The molecule has 0 fully saturated rings. The van der Waals surface area contributed by atoms with Crippen LogP contribution in [0.3, 0.4) is 0 Å². The van der Waals surface area contributed by atoms with Crippen LogP contribution in [0.2, 0.25) is 0 Å². The topological polar surface area (TPSA) is 46.5 Å². The van der Waals surface area contributed by atoms with E-state index in [4.69, 9.17) is 12.2 Å². The molecule has 3 rings (SSSR count). The molecule has 0 saturated heterocycles. The largest absolute Gasteiger partial charge is 0.298 e. The van der Waals surface area contributed by atoms with E-state index in [2.05, 4.69) is 29.0 Å². The van der Waals surface area contributed by atoms with Crippen molar-refractivity contribution in [3.63, 3.8) is 0 Å². The van der Waals surface area contributed by atoms with E-state index >= 15 is 0 Å². The molecule has 96 valence electrons. The van der Waals surface area contributed by atoms with Crippen molar-refractivity contribution in [2.45, 2.75) is 19.9 Å². The van der Waals surface area contributed by atoms with Crippen molar-refractivity contribution in [2.24, 2.45) is 0 Å². The van der Waals surface area contributed by atoms with Crippen molar-refractivity contribution in [3.8, 4) is 11.4 Å². The smallest absolute Gasteiger partial charge is 0.195 e. The van der Waals surface area contributed by atoms with Crippen molar-refractivity contribution in [2.75, 3.05) is 0 Å². The molecule has 3 aromatic rings. The molecule has 1 N–H and O–H groups in total. The SMILES string of the molecule is CC(C)n1c(-c2cccc3cccnc23)n[nH]c1=S. The molecule has 5 heteroatoms. The van der Waals surface area contributed by atoms with Gasteiger partial charge >= 0.3 is 0 Å². The lowest BCUT2D eigenvalue weighted by molar-refractivity contribution is 0.597. The Bertz CT molecular complexity index is 780. The zero-order chi connectivity index (χ0) is 13.4.